The summed E-state index contributed by atoms with van der Waals surface area (Å²) in [4.78, 5) is 0. The Kier molecular flexibility index (Phi) is 7.23. The van der Waals surface area contributed by atoms with Crippen LogP contribution >= 0.6 is 22.6 Å². The Morgan fingerprint density at radius 2 is 2.00 bits per heavy atom. The molecule has 0 N–H and O–H groups in total. The Balaban J connectivity index is 2.45. The van der Waals surface area contributed by atoms with Crippen molar-refractivity contribution < 1.29 is 4.74 Å². The molecule has 0 spiro atoms. The first-order valence-corrected chi connectivity index (χ1v) is 7.71. The predicted molar refractivity (Wildman–Crippen MR) is 74.7 cm³/mol. The molecule has 90 valence electrons. The van der Waals surface area contributed by atoms with Gasteiger partial charge in [-0.15, -0.1) is 0 Å². The molecule has 0 aromatic rings. The van der Waals surface area contributed by atoms with Gasteiger partial charge in [0, 0.05) is 11.0 Å². The maximum Gasteiger partial charge on any atom is 0.0609 e. The molecule has 0 amide bonds. The van der Waals surface area contributed by atoms with E-state index in [1.807, 2.05) is 7.11 Å². The number of alkyl halides is 1. The third kappa shape index (κ3) is 4.59. The van der Waals surface area contributed by atoms with E-state index in [0.29, 0.717) is 6.10 Å². The van der Waals surface area contributed by atoms with Crippen molar-refractivity contribution in [3.63, 3.8) is 0 Å². The maximum absolute atomic E-state index is 5.68. The number of ether oxygens (including phenoxy) is 1. The molecule has 3 atom stereocenters. The standard InChI is InChI=1S/C13H25IO/c1-3-4-9-12(14)11-8-6-5-7-10-13(11)15-2/h11-13H,3-10H2,1-2H3/t11?,12?,13-/m1/s1. The van der Waals surface area contributed by atoms with Crippen LogP contribution in [0.15, 0.2) is 0 Å². The van der Waals surface area contributed by atoms with E-state index in [0.717, 1.165) is 9.84 Å². The number of unbranched alkanes of at least 4 members (excludes halogenated alkanes) is 1. The van der Waals surface area contributed by atoms with Gasteiger partial charge in [-0.05, 0) is 25.2 Å². The summed E-state index contributed by atoms with van der Waals surface area (Å²) in [6, 6.07) is 0. The fraction of sp³-hybridized carbons (Fsp3) is 1.00. The van der Waals surface area contributed by atoms with Crippen LogP contribution in [0.1, 0.15) is 58.3 Å². The highest BCUT2D eigenvalue weighted by Gasteiger charge is 2.28. The second kappa shape index (κ2) is 7.88. The number of rotatable bonds is 5. The van der Waals surface area contributed by atoms with Crippen LogP contribution in [0.25, 0.3) is 0 Å². The van der Waals surface area contributed by atoms with Gasteiger partial charge in [0.05, 0.1) is 6.10 Å². The van der Waals surface area contributed by atoms with E-state index in [1.165, 1.54) is 51.4 Å². The van der Waals surface area contributed by atoms with Gasteiger partial charge in [0.2, 0.25) is 0 Å². The highest BCUT2D eigenvalue weighted by Crippen LogP contribution is 2.33. The van der Waals surface area contributed by atoms with Crippen LogP contribution in [0.3, 0.4) is 0 Å². The first kappa shape index (κ1) is 13.8. The molecular weight excluding hydrogens is 299 g/mol. The quantitative estimate of drug-likeness (QED) is 0.409. The first-order valence-electron chi connectivity index (χ1n) is 6.46. The zero-order valence-electron chi connectivity index (χ0n) is 10.2. The lowest BCUT2D eigenvalue weighted by molar-refractivity contribution is 0.0466. The Morgan fingerprint density at radius 3 is 2.67 bits per heavy atom. The molecular formula is C13H25IO. The number of hydrogen-bond donors (Lipinski definition) is 0. The first-order chi connectivity index (χ1) is 7.29. The van der Waals surface area contributed by atoms with E-state index in [-0.39, 0.29) is 0 Å². The number of hydrogen-bond acceptors (Lipinski definition) is 1. The average molecular weight is 324 g/mol. The van der Waals surface area contributed by atoms with Gasteiger partial charge in [-0.1, -0.05) is 61.6 Å². The lowest BCUT2D eigenvalue weighted by atomic mass is 9.91. The van der Waals surface area contributed by atoms with Crippen molar-refractivity contribution >= 4 is 22.6 Å². The topological polar surface area (TPSA) is 9.23 Å². The number of halogens is 1. The summed E-state index contributed by atoms with van der Waals surface area (Å²) in [5.74, 6) is 0.810. The van der Waals surface area contributed by atoms with Gasteiger partial charge in [-0.25, -0.2) is 0 Å². The summed E-state index contributed by atoms with van der Waals surface area (Å²) in [5, 5.41) is 0. The van der Waals surface area contributed by atoms with Crippen molar-refractivity contribution in [2.45, 2.75) is 68.3 Å². The molecule has 0 aliphatic heterocycles. The molecule has 0 bridgehead atoms. The van der Waals surface area contributed by atoms with E-state index in [9.17, 15) is 0 Å². The Labute approximate surface area is 108 Å². The van der Waals surface area contributed by atoms with Crippen LogP contribution in [0.2, 0.25) is 0 Å². The van der Waals surface area contributed by atoms with Gasteiger partial charge in [-0.2, -0.15) is 0 Å². The van der Waals surface area contributed by atoms with Gasteiger partial charge in [0.15, 0.2) is 0 Å². The van der Waals surface area contributed by atoms with Crippen molar-refractivity contribution in [1.82, 2.24) is 0 Å². The molecule has 1 saturated carbocycles. The van der Waals surface area contributed by atoms with Crippen molar-refractivity contribution in [3.8, 4) is 0 Å². The fourth-order valence-electron chi connectivity index (χ4n) is 2.62. The van der Waals surface area contributed by atoms with E-state index in [1.54, 1.807) is 0 Å². The monoisotopic (exact) mass is 324 g/mol. The smallest absolute Gasteiger partial charge is 0.0609 e. The van der Waals surface area contributed by atoms with Crippen LogP contribution in [0.4, 0.5) is 0 Å². The molecule has 0 saturated heterocycles. The highest BCUT2D eigenvalue weighted by atomic mass is 127. The molecule has 1 rings (SSSR count). The SMILES string of the molecule is CCCCC(I)C1CCCCC[C@H]1OC. The summed E-state index contributed by atoms with van der Waals surface area (Å²) in [7, 11) is 1.90. The minimum absolute atomic E-state index is 0.534. The van der Waals surface area contributed by atoms with Gasteiger partial charge in [0.1, 0.15) is 0 Å². The van der Waals surface area contributed by atoms with Gasteiger partial charge >= 0.3 is 0 Å². The molecule has 1 aliphatic rings. The summed E-state index contributed by atoms with van der Waals surface area (Å²) in [5.41, 5.74) is 0. The van der Waals surface area contributed by atoms with Gasteiger partial charge in [0.25, 0.3) is 0 Å². The Morgan fingerprint density at radius 1 is 1.27 bits per heavy atom. The zero-order valence-corrected chi connectivity index (χ0v) is 12.3. The van der Waals surface area contributed by atoms with Crippen LogP contribution in [-0.2, 0) is 4.74 Å². The molecule has 2 heteroatoms. The third-order valence-electron chi connectivity index (χ3n) is 3.60. The summed E-state index contributed by atoms with van der Waals surface area (Å²) in [6.45, 7) is 2.28. The molecule has 2 unspecified atom stereocenters. The van der Waals surface area contributed by atoms with Crippen LogP contribution < -0.4 is 0 Å². The lowest BCUT2D eigenvalue weighted by Gasteiger charge is -2.28. The van der Waals surface area contributed by atoms with Gasteiger partial charge < -0.3 is 4.74 Å². The predicted octanol–water partition coefficient (Wildman–Crippen LogP) is 4.58. The molecule has 1 nitrogen and oxygen atoms in total. The minimum Gasteiger partial charge on any atom is -0.381 e. The second-order valence-electron chi connectivity index (χ2n) is 4.73. The van der Waals surface area contributed by atoms with Crippen molar-refractivity contribution in [2.75, 3.05) is 7.11 Å². The van der Waals surface area contributed by atoms with E-state index in [4.69, 9.17) is 4.74 Å². The van der Waals surface area contributed by atoms with E-state index < -0.39 is 0 Å². The molecule has 0 heterocycles. The minimum atomic E-state index is 0.534. The summed E-state index contributed by atoms with van der Waals surface area (Å²) in [6.07, 6.45) is 11.5. The Hall–Kier alpha value is 0.690. The third-order valence-corrected chi connectivity index (χ3v) is 5.15. The fourth-order valence-corrected chi connectivity index (χ4v) is 3.88. The second-order valence-corrected chi connectivity index (χ2v) is 6.33. The maximum atomic E-state index is 5.68. The normalized spacial score (nSPS) is 29.8. The summed E-state index contributed by atoms with van der Waals surface area (Å²) < 4.78 is 6.50. The van der Waals surface area contributed by atoms with Crippen LogP contribution in [-0.4, -0.2) is 17.1 Å². The van der Waals surface area contributed by atoms with E-state index in [2.05, 4.69) is 29.5 Å². The summed E-state index contributed by atoms with van der Waals surface area (Å²) >= 11 is 2.66. The molecule has 1 aliphatic carbocycles. The lowest BCUT2D eigenvalue weighted by Crippen LogP contribution is -2.29. The van der Waals surface area contributed by atoms with Crippen molar-refractivity contribution in [3.05, 3.63) is 0 Å². The van der Waals surface area contributed by atoms with Crippen LogP contribution in [0.5, 0.6) is 0 Å². The molecule has 15 heavy (non-hydrogen) atoms. The largest absolute Gasteiger partial charge is 0.381 e. The molecule has 0 aromatic heterocycles. The van der Waals surface area contributed by atoms with Gasteiger partial charge in [-0.3, -0.25) is 0 Å². The van der Waals surface area contributed by atoms with Crippen LogP contribution in [0, 0.1) is 5.92 Å². The molecule has 0 aromatic carbocycles. The molecule has 0 radical (unpaired) electrons. The Bertz CT molecular complexity index is 161. The van der Waals surface area contributed by atoms with E-state index >= 15 is 0 Å². The zero-order chi connectivity index (χ0) is 11.1. The molecule has 1 fully saturated rings. The van der Waals surface area contributed by atoms with Crippen molar-refractivity contribution in [2.24, 2.45) is 5.92 Å². The average Bonchev–Trinajstić information content (AvgIpc) is 2.50. The highest BCUT2D eigenvalue weighted by molar-refractivity contribution is 14.1. The van der Waals surface area contributed by atoms with Crippen molar-refractivity contribution in [1.29, 1.82) is 0 Å². The number of methoxy groups -OCH3 is 1.